The van der Waals surface area contributed by atoms with Crippen molar-refractivity contribution >= 4 is 15.9 Å². The molecule has 108 valence electrons. The second-order valence-corrected chi connectivity index (χ2v) is 4.66. The average Bonchev–Trinajstić information content (AvgIpc) is 3.24. The van der Waals surface area contributed by atoms with Crippen molar-refractivity contribution in [3.63, 3.8) is 0 Å². The predicted octanol–water partition coefficient (Wildman–Crippen LogP) is 2.06. The van der Waals surface area contributed by atoms with Crippen LogP contribution in [0.4, 0.5) is 0 Å². The van der Waals surface area contributed by atoms with Gasteiger partial charge in [0.2, 0.25) is 5.43 Å². The SMILES string of the molecule is CC.CN.COc1c2n(cc(Br)c1=O)CCC1OC21. The predicted molar refractivity (Wildman–Crippen MR) is 78.6 cm³/mol. The first-order valence-electron chi connectivity index (χ1n) is 6.42. The van der Waals surface area contributed by atoms with Gasteiger partial charge in [0.25, 0.3) is 0 Å². The second kappa shape index (κ2) is 7.07. The van der Waals surface area contributed by atoms with E-state index in [1.165, 1.54) is 14.2 Å². The van der Waals surface area contributed by atoms with Gasteiger partial charge in [0.15, 0.2) is 5.75 Å². The molecule has 2 aliphatic rings. The Morgan fingerprint density at radius 3 is 2.68 bits per heavy atom. The summed E-state index contributed by atoms with van der Waals surface area (Å²) in [5.74, 6) is 0.413. The van der Waals surface area contributed by atoms with Crippen LogP contribution in [0, 0.1) is 0 Å². The number of nitrogens with two attached hydrogens (primary N) is 1. The summed E-state index contributed by atoms with van der Waals surface area (Å²) in [7, 11) is 3.02. The minimum atomic E-state index is -0.0973. The minimum Gasteiger partial charge on any atom is -0.491 e. The van der Waals surface area contributed by atoms with Gasteiger partial charge >= 0.3 is 0 Å². The van der Waals surface area contributed by atoms with Crippen molar-refractivity contribution in [3.05, 3.63) is 26.6 Å². The summed E-state index contributed by atoms with van der Waals surface area (Å²) in [5, 5.41) is 0. The van der Waals surface area contributed by atoms with Crippen LogP contribution in [0.2, 0.25) is 0 Å². The molecule has 5 nitrogen and oxygen atoms in total. The summed E-state index contributed by atoms with van der Waals surface area (Å²) >= 11 is 3.25. The summed E-state index contributed by atoms with van der Waals surface area (Å²) in [6.07, 6.45) is 3.18. The second-order valence-electron chi connectivity index (χ2n) is 3.80. The lowest BCUT2D eigenvalue weighted by Gasteiger charge is -2.18. The Hall–Kier alpha value is -0.850. The van der Waals surface area contributed by atoms with Crippen LogP contribution in [0.3, 0.4) is 0 Å². The highest BCUT2D eigenvalue weighted by molar-refractivity contribution is 9.10. The fraction of sp³-hybridized carbons (Fsp3) is 0.615. The van der Waals surface area contributed by atoms with E-state index in [1.54, 1.807) is 0 Å². The van der Waals surface area contributed by atoms with E-state index in [2.05, 4.69) is 21.7 Å². The van der Waals surface area contributed by atoms with Crippen LogP contribution in [0.25, 0.3) is 0 Å². The van der Waals surface area contributed by atoms with Crippen LogP contribution in [0.1, 0.15) is 32.1 Å². The summed E-state index contributed by atoms with van der Waals surface area (Å²) < 4.78 is 13.2. The number of methoxy groups -OCH3 is 1. The maximum absolute atomic E-state index is 11.8. The summed E-state index contributed by atoms with van der Waals surface area (Å²) in [5.41, 5.74) is 5.29. The zero-order valence-corrected chi connectivity index (χ0v) is 13.4. The van der Waals surface area contributed by atoms with Crippen molar-refractivity contribution < 1.29 is 9.47 Å². The molecule has 1 aromatic rings. The van der Waals surface area contributed by atoms with Crippen molar-refractivity contribution in [3.8, 4) is 5.75 Å². The fourth-order valence-corrected chi connectivity index (χ4v) is 2.59. The molecule has 0 bridgehead atoms. The molecular weight excluding hydrogens is 312 g/mol. The normalized spacial score (nSPS) is 21.8. The van der Waals surface area contributed by atoms with E-state index < -0.39 is 0 Å². The standard InChI is InChI=1S/C10H10BrNO3.C2H6.CH5N/c1-14-10-7-9-6(15-9)2-3-12(7)4-5(11)8(10)13;2*1-2/h4,6,9H,2-3H2,1H3;1-2H3;2H2,1H3. The average molecular weight is 333 g/mol. The molecule has 1 aromatic heterocycles. The molecular formula is C13H21BrN2O3. The molecule has 3 rings (SSSR count). The molecule has 2 atom stereocenters. The van der Waals surface area contributed by atoms with Gasteiger partial charge in [-0.1, -0.05) is 13.8 Å². The van der Waals surface area contributed by atoms with E-state index in [-0.39, 0.29) is 11.5 Å². The van der Waals surface area contributed by atoms with Crippen molar-refractivity contribution in [1.82, 2.24) is 4.57 Å². The van der Waals surface area contributed by atoms with Crippen LogP contribution < -0.4 is 15.9 Å². The molecule has 0 spiro atoms. The summed E-state index contributed by atoms with van der Waals surface area (Å²) in [6, 6.07) is 0. The van der Waals surface area contributed by atoms with Crippen LogP contribution in [-0.2, 0) is 11.3 Å². The molecule has 3 heterocycles. The third-order valence-corrected chi connectivity index (χ3v) is 3.51. The number of halogens is 1. The molecule has 2 unspecified atom stereocenters. The van der Waals surface area contributed by atoms with Gasteiger partial charge in [-0.25, -0.2) is 0 Å². The van der Waals surface area contributed by atoms with Gasteiger partial charge < -0.3 is 19.8 Å². The number of hydrogen-bond acceptors (Lipinski definition) is 4. The highest BCUT2D eigenvalue weighted by Gasteiger charge is 2.46. The number of nitrogens with zero attached hydrogens (tertiary/aromatic N) is 1. The van der Waals surface area contributed by atoms with Crippen molar-refractivity contribution in [2.24, 2.45) is 5.73 Å². The maximum atomic E-state index is 11.8. The molecule has 0 aromatic carbocycles. The fourth-order valence-electron chi connectivity index (χ4n) is 2.16. The molecule has 1 saturated heterocycles. The summed E-state index contributed by atoms with van der Waals surface area (Å²) in [4.78, 5) is 11.8. The topological polar surface area (TPSA) is 69.8 Å². The monoisotopic (exact) mass is 332 g/mol. The number of rotatable bonds is 1. The van der Waals surface area contributed by atoms with Crippen LogP contribution >= 0.6 is 15.9 Å². The van der Waals surface area contributed by atoms with Crippen molar-refractivity contribution in [2.75, 3.05) is 14.2 Å². The van der Waals surface area contributed by atoms with Crippen LogP contribution in [0.15, 0.2) is 15.5 Å². The number of fused-ring (bicyclic) bond motifs is 3. The van der Waals surface area contributed by atoms with E-state index in [0.29, 0.717) is 16.3 Å². The van der Waals surface area contributed by atoms with E-state index in [9.17, 15) is 4.79 Å². The largest absolute Gasteiger partial charge is 0.491 e. The number of hydrogen-bond donors (Lipinski definition) is 1. The molecule has 0 saturated carbocycles. The first-order valence-corrected chi connectivity index (χ1v) is 7.21. The third-order valence-electron chi connectivity index (χ3n) is 2.95. The number of aryl methyl sites for hydroxylation is 1. The van der Waals surface area contributed by atoms with E-state index in [4.69, 9.17) is 9.47 Å². The minimum absolute atomic E-state index is 0.0644. The number of epoxide rings is 1. The van der Waals surface area contributed by atoms with Crippen molar-refractivity contribution in [2.45, 2.75) is 39.0 Å². The highest BCUT2D eigenvalue weighted by atomic mass is 79.9. The Morgan fingerprint density at radius 2 is 2.11 bits per heavy atom. The van der Waals surface area contributed by atoms with E-state index in [1.807, 2.05) is 24.6 Å². The third kappa shape index (κ3) is 3.01. The Labute approximate surface area is 121 Å². The maximum Gasteiger partial charge on any atom is 0.237 e. The molecule has 0 aliphatic carbocycles. The lowest BCUT2D eigenvalue weighted by Crippen LogP contribution is -2.21. The smallest absolute Gasteiger partial charge is 0.237 e. The van der Waals surface area contributed by atoms with Gasteiger partial charge in [-0.3, -0.25) is 4.79 Å². The quantitative estimate of drug-likeness (QED) is 0.799. The van der Waals surface area contributed by atoms with Gasteiger partial charge in [-0.05, 0) is 29.4 Å². The molecule has 2 aliphatic heterocycles. The molecule has 1 fully saturated rings. The first-order chi connectivity index (χ1) is 9.22. The first kappa shape index (κ1) is 16.2. The number of aromatic nitrogens is 1. The molecule has 2 N–H and O–H groups in total. The zero-order chi connectivity index (χ0) is 14.6. The Balaban J connectivity index is 0.000000415. The lowest BCUT2D eigenvalue weighted by atomic mass is 10.1. The lowest BCUT2D eigenvalue weighted by molar-refractivity contribution is 0.361. The molecule has 0 amide bonds. The van der Waals surface area contributed by atoms with Gasteiger partial charge in [0.1, 0.15) is 6.10 Å². The Bertz CT molecular complexity index is 488. The van der Waals surface area contributed by atoms with Gasteiger partial charge in [0, 0.05) is 12.7 Å². The van der Waals surface area contributed by atoms with Gasteiger partial charge in [-0.15, -0.1) is 0 Å². The van der Waals surface area contributed by atoms with Crippen molar-refractivity contribution in [1.29, 1.82) is 0 Å². The van der Waals surface area contributed by atoms with Gasteiger partial charge in [-0.2, -0.15) is 0 Å². The Kier molecular flexibility index (Phi) is 6.03. The Morgan fingerprint density at radius 1 is 1.47 bits per heavy atom. The van der Waals surface area contributed by atoms with Gasteiger partial charge in [0.05, 0.1) is 23.4 Å². The van der Waals surface area contributed by atoms with Crippen LogP contribution in [-0.4, -0.2) is 24.8 Å². The molecule has 0 radical (unpaired) electrons. The molecule has 19 heavy (non-hydrogen) atoms. The molecule has 6 heteroatoms. The van der Waals surface area contributed by atoms with Crippen LogP contribution in [0.5, 0.6) is 5.75 Å². The summed E-state index contributed by atoms with van der Waals surface area (Å²) in [6.45, 7) is 4.88. The zero-order valence-electron chi connectivity index (χ0n) is 11.8. The number of pyridine rings is 1. The number of ether oxygens (including phenoxy) is 2. The van der Waals surface area contributed by atoms with E-state index in [0.717, 1.165) is 18.7 Å². The highest BCUT2D eigenvalue weighted by Crippen LogP contribution is 2.47. The van der Waals surface area contributed by atoms with E-state index >= 15 is 0 Å².